The number of rotatable bonds is 0. The van der Waals surface area contributed by atoms with Crippen molar-refractivity contribution in [3.8, 4) is 0 Å². The maximum Gasteiger partial charge on any atom is 0.0505 e. The summed E-state index contributed by atoms with van der Waals surface area (Å²) in [5.41, 5.74) is 4.31. The maximum absolute atomic E-state index is 2.15. The summed E-state index contributed by atoms with van der Waals surface area (Å²) in [4.78, 5) is 0. The van der Waals surface area contributed by atoms with Gasteiger partial charge in [-0.2, -0.15) is 0 Å². The highest BCUT2D eigenvalue weighted by Crippen LogP contribution is 1.79. The molecule has 0 aliphatic carbocycles. The zero-order chi connectivity index (χ0) is 5.66. The molecule has 0 N–H and O–H groups in total. The van der Waals surface area contributed by atoms with Gasteiger partial charge in [0.05, 0.1) is 9.13 Å². The summed E-state index contributed by atoms with van der Waals surface area (Å²) in [6.07, 6.45) is 10.2. The average molecular weight is 119 g/mol. The van der Waals surface area contributed by atoms with E-state index in [0.717, 1.165) is 9.13 Å². The molecule has 0 saturated heterocycles. The van der Waals surface area contributed by atoms with Crippen molar-refractivity contribution >= 4 is 14.8 Å². The molecule has 1 rings (SSSR count). The van der Waals surface area contributed by atoms with Gasteiger partial charge in [-0.1, -0.05) is 41.8 Å². The van der Waals surface area contributed by atoms with E-state index in [1.807, 2.05) is 18.2 Å². The van der Waals surface area contributed by atoms with Crippen molar-refractivity contribution in [2.75, 3.05) is 0 Å². The predicted molar refractivity (Wildman–Crippen MR) is 39.2 cm³/mol. The topological polar surface area (TPSA) is 0 Å². The lowest BCUT2D eigenvalue weighted by Crippen LogP contribution is -1.74. The number of hydrogen-bond donors (Lipinski definition) is 0. The second-order valence-corrected chi connectivity index (χ2v) is 2.46. The number of allylic oxidation sites excluding steroid dienone is 5. The van der Waals surface area contributed by atoms with E-state index in [4.69, 9.17) is 0 Å². The molecule has 0 saturated carbocycles. The Morgan fingerprint density at radius 1 is 0.750 bits per heavy atom. The summed E-state index contributed by atoms with van der Waals surface area (Å²) < 4.78 is 0. The standard InChI is InChI=1S/C7H7Si/c1-2-4-6-8-7-5-3-1/h1-7H/b2-1-,3-1?,4-2?,5-3-,6-4-,7-5?,8-6?,8-7?. The third-order valence-corrected chi connectivity index (χ3v) is 1.60. The molecule has 1 aliphatic heterocycles. The van der Waals surface area contributed by atoms with Crippen LogP contribution in [-0.4, -0.2) is 14.8 Å². The van der Waals surface area contributed by atoms with Gasteiger partial charge < -0.3 is 0 Å². The first-order chi connectivity index (χ1) is 4.00. The molecule has 8 heavy (non-hydrogen) atoms. The fourth-order valence-corrected chi connectivity index (χ4v) is 1.03. The van der Waals surface area contributed by atoms with E-state index < -0.39 is 0 Å². The highest BCUT2D eigenvalue weighted by molar-refractivity contribution is 6.53. The predicted octanol–water partition coefficient (Wildman–Crippen LogP) is 1.13. The van der Waals surface area contributed by atoms with Crippen molar-refractivity contribution < 1.29 is 0 Å². The van der Waals surface area contributed by atoms with Crippen molar-refractivity contribution in [2.24, 2.45) is 0 Å². The van der Waals surface area contributed by atoms with Crippen LogP contribution in [0.15, 0.2) is 36.1 Å². The van der Waals surface area contributed by atoms with Crippen molar-refractivity contribution in [2.45, 2.75) is 0 Å². The third kappa shape index (κ3) is 1.84. The Labute approximate surface area is 51.7 Å². The molecular weight excluding hydrogens is 112 g/mol. The molecule has 0 nitrogen and oxygen atoms in total. The fourth-order valence-electron chi connectivity index (χ4n) is 0.470. The first-order valence-corrected chi connectivity index (χ1v) is 3.73. The molecule has 1 aliphatic rings. The molecule has 0 aromatic carbocycles. The highest BCUT2D eigenvalue weighted by Gasteiger charge is 1.66. The fraction of sp³-hybridized carbons (Fsp3) is 0. The molecule has 0 spiro atoms. The van der Waals surface area contributed by atoms with Crippen LogP contribution in [0.5, 0.6) is 0 Å². The minimum absolute atomic E-state index is 0.847. The van der Waals surface area contributed by atoms with Crippen LogP contribution in [-0.2, 0) is 0 Å². The van der Waals surface area contributed by atoms with Crippen molar-refractivity contribution in [1.29, 1.82) is 0 Å². The van der Waals surface area contributed by atoms with Crippen molar-refractivity contribution in [3.05, 3.63) is 36.1 Å². The molecule has 0 amide bonds. The van der Waals surface area contributed by atoms with Crippen molar-refractivity contribution in [1.82, 2.24) is 0 Å². The molecule has 0 bridgehead atoms. The van der Waals surface area contributed by atoms with Gasteiger partial charge in [0.25, 0.3) is 0 Å². The van der Waals surface area contributed by atoms with Gasteiger partial charge in [0.2, 0.25) is 0 Å². The van der Waals surface area contributed by atoms with Crippen LogP contribution in [0.2, 0.25) is 0 Å². The Bertz CT molecular complexity index is 105. The van der Waals surface area contributed by atoms with Gasteiger partial charge >= 0.3 is 0 Å². The van der Waals surface area contributed by atoms with Crippen LogP contribution in [0.3, 0.4) is 0 Å². The van der Waals surface area contributed by atoms with E-state index in [1.165, 1.54) is 0 Å². The minimum Gasteiger partial charge on any atom is -0.0772 e. The summed E-state index contributed by atoms with van der Waals surface area (Å²) in [6, 6.07) is 0. The Morgan fingerprint density at radius 2 is 1.50 bits per heavy atom. The third-order valence-electron chi connectivity index (χ3n) is 0.829. The van der Waals surface area contributed by atoms with Crippen LogP contribution in [0, 0.1) is 0 Å². The van der Waals surface area contributed by atoms with E-state index in [-0.39, 0.29) is 0 Å². The Hall–Kier alpha value is -0.693. The Kier molecular flexibility index (Phi) is 2.26. The summed E-state index contributed by atoms with van der Waals surface area (Å²) in [5, 5.41) is 0. The Balaban J connectivity index is 2.67. The van der Waals surface area contributed by atoms with E-state index in [9.17, 15) is 0 Å². The lowest BCUT2D eigenvalue weighted by Gasteiger charge is -1.76. The van der Waals surface area contributed by atoms with Gasteiger partial charge in [0, 0.05) is 0 Å². The largest absolute Gasteiger partial charge is 0.0772 e. The van der Waals surface area contributed by atoms with Crippen molar-refractivity contribution in [3.63, 3.8) is 0 Å². The molecular formula is C7H7Si. The summed E-state index contributed by atoms with van der Waals surface area (Å²) in [7, 11) is 0.847. The van der Waals surface area contributed by atoms with Gasteiger partial charge in [0.15, 0.2) is 0 Å². The molecule has 0 aromatic heterocycles. The van der Waals surface area contributed by atoms with E-state index in [2.05, 4.69) is 23.5 Å². The monoisotopic (exact) mass is 119 g/mol. The van der Waals surface area contributed by atoms with Crippen LogP contribution >= 0.6 is 0 Å². The van der Waals surface area contributed by atoms with E-state index in [1.54, 1.807) is 0 Å². The quantitative estimate of drug-likeness (QED) is 0.419. The minimum atomic E-state index is 0.847. The van der Waals surface area contributed by atoms with Gasteiger partial charge in [0.1, 0.15) is 0 Å². The number of hydrogen-bond acceptors (Lipinski definition) is 0. The first-order valence-electron chi connectivity index (χ1n) is 2.58. The second kappa shape index (κ2) is 3.33. The lowest BCUT2D eigenvalue weighted by atomic mass is 10.4. The normalized spacial score (nSPS) is 32.0. The summed E-state index contributed by atoms with van der Waals surface area (Å²) in [6.45, 7) is 0. The smallest absolute Gasteiger partial charge is 0.0505 e. The first kappa shape index (κ1) is 5.44. The molecule has 1 heteroatoms. The average Bonchev–Trinajstić information content (AvgIpc) is 1.62. The molecule has 0 atom stereocenters. The van der Waals surface area contributed by atoms with Crippen LogP contribution in [0.4, 0.5) is 0 Å². The van der Waals surface area contributed by atoms with Gasteiger partial charge in [-0.15, -0.1) is 0 Å². The van der Waals surface area contributed by atoms with Gasteiger partial charge in [-0.3, -0.25) is 0 Å². The molecule has 1 heterocycles. The molecule has 1 radical (unpaired) electrons. The molecule has 0 unspecified atom stereocenters. The maximum atomic E-state index is 2.15. The van der Waals surface area contributed by atoms with Gasteiger partial charge in [-0.25, -0.2) is 0 Å². The van der Waals surface area contributed by atoms with Crippen LogP contribution in [0.25, 0.3) is 0 Å². The van der Waals surface area contributed by atoms with Crippen LogP contribution in [0.1, 0.15) is 0 Å². The SMILES string of the molecule is C1=C\C=C/[Si]=C\C=C/1. The highest BCUT2D eigenvalue weighted by atomic mass is 28.2. The van der Waals surface area contributed by atoms with E-state index >= 15 is 0 Å². The molecule has 39 valence electrons. The second-order valence-electron chi connectivity index (χ2n) is 1.46. The molecule has 0 aromatic rings. The van der Waals surface area contributed by atoms with Crippen LogP contribution < -0.4 is 0 Å². The zero-order valence-electron chi connectivity index (χ0n) is 4.54. The van der Waals surface area contributed by atoms with E-state index in [0.29, 0.717) is 0 Å². The summed E-state index contributed by atoms with van der Waals surface area (Å²) in [5.74, 6) is 0. The lowest BCUT2D eigenvalue weighted by molar-refractivity contribution is 1.94. The zero-order valence-corrected chi connectivity index (χ0v) is 5.54. The molecule has 0 fully saturated rings. The van der Waals surface area contributed by atoms with Gasteiger partial charge in [-0.05, 0) is 0 Å². The summed E-state index contributed by atoms with van der Waals surface area (Å²) >= 11 is 0. The Morgan fingerprint density at radius 3 is 2.50 bits per heavy atom.